The Balaban J connectivity index is 1.44. The van der Waals surface area contributed by atoms with Gasteiger partial charge in [-0.2, -0.15) is 0 Å². The summed E-state index contributed by atoms with van der Waals surface area (Å²) >= 11 is 0. The largest absolute Gasteiger partial charge is 0.486 e. The molecule has 0 radical (unpaired) electrons. The molecule has 0 aliphatic heterocycles. The number of hydrogen-bond donors (Lipinski definition) is 1. The quantitative estimate of drug-likeness (QED) is 0.481. The molecule has 0 saturated heterocycles. The number of ether oxygens (including phenoxy) is 1. The first-order valence-corrected chi connectivity index (χ1v) is 10.1. The molecular weight excluding hydrogens is 374 g/mol. The molecule has 0 unspecified atom stereocenters. The number of nitrogens with one attached hydrogen (secondary N) is 1. The van der Waals surface area contributed by atoms with Gasteiger partial charge >= 0.3 is 0 Å². The second kappa shape index (κ2) is 9.27. The minimum atomic E-state index is -0.0364. The van der Waals surface area contributed by atoms with E-state index in [1.807, 2.05) is 78.2 Å². The Hall–Kier alpha value is -3.60. The highest BCUT2D eigenvalue weighted by atomic mass is 16.5. The van der Waals surface area contributed by atoms with E-state index in [9.17, 15) is 4.79 Å². The highest BCUT2D eigenvalue weighted by molar-refractivity contribution is 5.81. The zero-order chi connectivity index (χ0) is 20.8. The Morgan fingerprint density at radius 2 is 1.70 bits per heavy atom. The molecule has 5 heteroatoms. The molecule has 0 spiro atoms. The van der Waals surface area contributed by atoms with Gasteiger partial charge in [0.15, 0.2) is 0 Å². The molecule has 5 nitrogen and oxygen atoms in total. The van der Waals surface area contributed by atoms with Crippen LogP contribution in [-0.4, -0.2) is 22.0 Å². The van der Waals surface area contributed by atoms with Gasteiger partial charge in [-0.05, 0) is 43.2 Å². The Kier molecular flexibility index (Phi) is 6.09. The van der Waals surface area contributed by atoms with Gasteiger partial charge in [-0.25, -0.2) is 4.98 Å². The SMILES string of the molecule is Cc1ccc(OCc2nc3ccccc3n2CC(=O)NCCc2ccccc2)cc1. The maximum atomic E-state index is 12.6. The lowest BCUT2D eigenvalue weighted by atomic mass is 10.1. The van der Waals surface area contributed by atoms with Crippen LogP contribution in [0.15, 0.2) is 78.9 Å². The molecule has 152 valence electrons. The molecule has 0 fully saturated rings. The van der Waals surface area contributed by atoms with Crippen molar-refractivity contribution in [3.05, 3.63) is 95.8 Å². The highest BCUT2D eigenvalue weighted by Crippen LogP contribution is 2.19. The van der Waals surface area contributed by atoms with E-state index in [1.165, 1.54) is 11.1 Å². The van der Waals surface area contributed by atoms with Crippen LogP contribution in [0, 0.1) is 6.92 Å². The molecule has 0 saturated carbocycles. The number of amides is 1. The van der Waals surface area contributed by atoms with E-state index in [-0.39, 0.29) is 12.5 Å². The molecule has 1 heterocycles. The van der Waals surface area contributed by atoms with Crippen molar-refractivity contribution in [3.8, 4) is 5.75 Å². The van der Waals surface area contributed by atoms with E-state index >= 15 is 0 Å². The summed E-state index contributed by atoms with van der Waals surface area (Å²) in [6.45, 7) is 3.15. The third-order valence-corrected chi connectivity index (χ3v) is 5.00. The number of rotatable bonds is 8. The maximum absolute atomic E-state index is 12.6. The number of carbonyl (C=O) groups is 1. The predicted molar refractivity (Wildman–Crippen MR) is 118 cm³/mol. The van der Waals surface area contributed by atoms with Gasteiger partial charge in [-0.1, -0.05) is 60.2 Å². The second-order valence-electron chi connectivity index (χ2n) is 7.29. The molecule has 1 aromatic heterocycles. The molecule has 0 aliphatic carbocycles. The summed E-state index contributed by atoms with van der Waals surface area (Å²) in [7, 11) is 0. The predicted octanol–water partition coefficient (Wildman–Crippen LogP) is 4.28. The lowest BCUT2D eigenvalue weighted by Crippen LogP contribution is -2.30. The monoisotopic (exact) mass is 399 g/mol. The average molecular weight is 399 g/mol. The number of aromatic nitrogens is 2. The van der Waals surface area contributed by atoms with E-state index in [2.05, 4.69) is 22.4 Å². The minimum absolute atomic E-state index is 0.0364. The van der Waals surface area contributed by atoms with Gasteiger partial charge in [0.2, 0.25) is 5.91 Å². The van der Waals surface area contributed by atoms with Crippen LogP contribution in [0.3, 0.4) is 0 Å². The lowest BCUT2D eigenvalue weighted by Gasteiger charge is -2.11. The molecule has 3 aromatic carbocycles. The number of nitrogens with zero attached hydrogens (tertiary/aromatic N) is 2. The first-order chi connectivity index (χ1) is 14.7. The van der Waals surface area contributed by atoms with Crippen LogP contribution in [0.1, 0.15) is 17.0 Å². The van der Waals surface area contributed by atoms with Gasteiger partial charge in [0.25, 0.3) is 0 Å². The molecule has 1 N–H and O–H groups in total. The Morgan fingerprint density at radius 3 is 2.50 bits per heavy atom. The van der Waals surface area contributed by atoms with Crippen molar-refractivity contribution < 1.29 is 9.53 Å². The van der Waals surface area contributed by atoms with E-state index < -0.39 is 0 Å². The molecule has 1 amide bonds. The molecular formula is C25H25N3O2. The van der Waals surface area contributed by atoms with E-state index in [4.69, 9.17) is 4.74 Å². The summed E-state index contributed by atoms with van der Waals surface area (Å²) in [4.78, 5) is 17.3. The minimum Gasteiger partial charge on any atom is -0.486 e. The summed E-state index contributed by atoms with van der Waals surface area (Å²) in [5.41, 5.74) is 4.18. The fraction of sp³-hybridized carbons (Fsp3) is 0.200. The third-order valence-electron chi connectivity index (χ3n) is 5.00. The summed E-state index contributed by atoms with van der Waals surface area (Å²) < 4.78 is 7.85. The van der Waals surface area contributed by atoms with Crippen molar-refractivity contribution in [2.24, 2.45) is 0 Å². The number of carbonyl (C=O) groups excluding carboxylic acids is 1. The van der Waals surface area contributed by atoms with Crippen LogP contribution in [0.25, 0.3) is 11.0 Å². The lowest BCUT2D eigenvalue weighted by molar-refractivity contribution is -0.121. The summed E-state index contributed by atoms with van der Waals surface area (Å²) in [6.07, 6.45) is 0.806. The van der Waals surface area contributed by atoms with Crippen LogP contribution in [0.5, 0.6) is 5.75 Å². The molecule has 0 aliphatic rings. The van der Waals surface area contributed by atoms with Crippen molar-refractivity contribution in [2.75, 3.05) is 6.54 Å². The zero-order valence-electron chi connectivity index (χ0n) is 17.0. The van der Waals surface area contributed by atoms with Crippen LogP contribution in [-0.2, 0) is 24.4 Å². The first kappa shape index (κ1) is 19.7. The van der Waals surface area contributed by atoms with Gasteiger partial charge in [0.05, 0.1) is 11.0 Å². The van der Waals surface area contributed by atoms with Crippen molar-refractivity contribution in [1.29, 1.82) is 0 Å². The first-order valence-electron chi connectivity index (χ1n) is 10.1. The highest BCUT2D eigenvalue weighted by Gasteiger charge is 2.14. The molecule has 30 heavy (non-hydrogen) atoms. The number of fused-ring (bicyclic) bond motifs is 1. The average Bonchev–Trinajstić information content (AvgIpc) is 3.11. The van der Waals surface area contributed by atoms with Gasteiger partial charge < -0.3 is 14.6 Å². The Labute approximate surface area is 176 Å². The Morgan fingerprint density at radius 1 is 0.967 bits per heavy atom. The summed E-state index contributed by atoms with van der Waals surface area (Å²) in [5.74, 6) is 1.48. The van der Waals surface area contributed by atoms with Crippen LogP contribution in [0.4, 0.5) is 0 Å². The van der Waals surface area contributed by atoms with Crippen LogP contribution in [0.2, 0.25) is 0 Å². The number of para-hydroxylation sites is 2. The fourth-order valence-corrected chi connectivity index (χ4v) is 3.38. The zero-order valence-corrected chi connectivity index (χ0v) is 17.0. The van der Waals surface area contributed by atoms with Crippen molar-refractivity contribution in [2.45, 2.75) is 26.5 Å². The van der Waals surface area contributed by atoms with Gasteiger partial charge in [0, 0.05) is 6.54 Å². The van der Waals surface area contributed by atoms with E-state index in [0.717, 1.165) is 29.0 Å². The van der Waals surface area contributed by atoms with Crippen LogP contribution >= 0.6 is 0 Å². The molecule has 0 atom stereocenters. The standard InChI is InChI=1S/C25H25N3O2/c1-19-11-13-21(14-12-19)30-18-24-27-22-9-5-6-10-23(22)28(24)17-25(29)26-16-15-20-7-3-2-4-8-20/h2-14H,15-18H2,1H3,(H,26,29). The van der Waals surface area contributed by atoms with Crippen LogP contribution < -0.4 is 10.1 Å². The van der Waals surface area contributed by atoms with Gasteiger partial charge in [-0.3, -0.25) is 4.79 Å². The van der Waals surface area contributed by atoms with E-state index in [1.54, 1.807) is 0 Å². The smallest absolute Gasteiger partial charge is 0.240 e. The van der Waals surface area contributed by atoms with E-state index in [0.29, 0.717) is 13.2 Å². The third kappa shape index (κ3) is 4.87. The summed E-state index contributed by atoms with van der Waals surface area (Å²) in [6, 6.07) is 25.9. The maximum Gasteiger partial charge on any atom is 0.240 e. The molecule has 0 bridgehead atoms. The fourth-order valence-electron chi connectivity index (χ4n) is 3.38. The normalized spacial score (nSPS) is 10.8. The van der Waals surface area contributed by atoms with Crippen molar-refractivity contribution in [3.63, 3.8) is 0 Å². The molecule has 4 aromatic rings. The summed E-state index contributed by atoms with van der Waals surface area (Å²) in [5, 5.41) is 3.01. The number of imidazole rings is 1. The number of aryl methyl sites for hydroxylation is 1. The topological polar surface area (TPSA) is 56.2 Å². The van der Waals surface area contributed by atoms with Crippen molar-refractivity contribution >= 4 is 16.9 Å². The number of hydrogen-bond acceptors (Lipinski definition) is 3. The second-order valence-corrected chi connectivity index (χ2v) is 7.29. The molecule has 4 rings (SSSR count). The Bertz CT molecular complexity index is 1120. The number of benzene rings is 3. The van der Waals surface area contributed by atoms with Gasteiger partial charge in [-0.15, -0.1) is 0 Å². The van der Waals surface area contributed by atoms with Crippen molar-refractivity contribution in [1.82, 2.24) is 14.9 Å². The van der Waals surface area contributed by atoms with Gasteiger partial charge in [0.1, 0.15) is 24.7 Å².